The van der Waals surface area contributed by atoms with Gasteiger partial charge >= 0.3 is 0 Å². The molecular weight excluding hydrogens is 228 g/mol. The van der Waals surface area contributed by atoms with Crippen molar-refractivity contribution in [1.29, 1.82) is 0 Å². The van der Waals surface area contributed by atoms with Crippen LogP contribution in [0, 0.1) is 0 Å². The SMILES string of the molecule is C=CC/C=C(C)/C=N/NC(=O)c1ccccc1O. The summed E-state index contributed by atoms with van der Waals surface area (Å²) in [6.07, 6.45) is 6.01. The molecule has 4 heteroatoms. The van der Waals surface area contributed by atoms with Crippen LogP contribution in [-0.2, 0) is 0 Å². The number of nitrogens with zero attached hydrogens (tertiary/aromatic N) is 1. The summed E-state index contributed by atoms with van der Waals surface area (Å²) >= 11 is 0. The van der Waals surface area contributed by atoms with E-state index in [1.165, 1.54) is 12.1 Å². The van der Waals surface area contributed by atoms with E-state index in [9.17, 15) is 9.90 Å². The van der Waals surface area contributed by atoms with Crippen molar-refractivity contribution in [3.8, 4) is 5.75 Å². The average Bonchev–Trinajstić information content (AvgIpc) is 2.36. The number of allylic oxidation sites excluding steroid dienone is 3. The molecule has 0 aliphatic heterocycles. The summed E-state index contributed by atoms with van der Waals surface area (Å²) in [5.41, 5.74) is 3.47. The van der Waals surface area contributed by atoms with Gasteiger partial charge in [-0.2, -0.15) is 5.10 Å². The van der Waals surface area contributed by atoms with Gasteiger partial charge in [-0.3, -0.25) is 4.79 Å². The van der Waals surface area contributed by atoms with Crippen LogP contribution >= 0.6 is 0 Å². The Morgan fingerprint density at radius 3 is 2.89 bits per heavy atom. The second-order valence-electron chi connectivity index (χ2n) is 3.69. The largest absolute Gasteiger partial charge is 0.507 e. The standard InChI is InChI=1S/C14H16N2O2/c1-3-4-7-11(2)10-15-16-14(18)12-8-5-6-9-13(12)17/h3,5-10,17H,1,4H2,2H3,(H,16,18)/b11-7+,15-10+. The van der Waals surface area contributed by atoms with Crippen molar-refractivity contribution in [2.45, 2.75) is 13.3 Å². The number of hydrogen-bond acceptors (Lipinski definition) is 3. The van der Waals surface area contributed by atoms with Gasteiger partial charge < -0.3 is 5.11 Å². The lowest BCUT2D eigenvalue weighted by atomic mass is 10.2. The molecule has 1 aromatic carbocycles. The number of carbonyl (C=O) groups excluding carboxylic acids is 1. The minimum Gasteiger partial charge on any atom is -0.507 e. The van der Waals surface area contributed by atoms with Crippen molar-refractivity contribution in [2.24, 2.45) is 5.10 Å². The van der Waals surface area contributed by atoms with Crippen molar-refractivity contribution in [2.75, 3.05) is 0 Å². The van der Waals surface area contributed by atoms with Crippen LogP contribution in [0.1, 0.15) is 23.7 Å². The van der Waals surface area contributed by atoms with Crippen LogP contribution in [0.5, 0.6) is 5.75 Å². The molecule has 0 fully saturated rings. The van der Waals surface area contributed by atoms with E-state index in [2.05, 4.69) is 17.1 Å². The fourth-order valence-corrected chi connectivity index (χ4v) is 1.24. The number of rotatable bonds is 5. The molecule has 0 saturated heterocycles. The molecular formula is C14H16N2O2. The highest BCUT2D eigenvalue weighted by Gasteiger charge is 2.08. The summed E-state index contributed by atoms with van der Waals surface area (Å²) < 4.78 is 0. The molecule has 0 aliphatic carbocycles. The molecule has 0 bridgehead atoms. The third-order valence-electron chi connectivity index (χ3n) is 2.19. The molecule has 1 aromatic rings. The van der Waals surface area contributed by atoms with Crippen molar-refractivity contribution in [3.05, 3.63) is 54.1 Å². The molecule has 0 spiro atoms. The molecule has 2 N–H and O–H groups in total. The first kappa shape index (κ1) is 13.7. The third kappa shape index (κ3) is 4.25. The van der Waals surface area contributed by atoms with Gasteiger partial charge in [0.15, 0.2) is 0 Å². The third-order valence-corrected chi connectivity index (χ3v) is 2.19. The van der Waals surface area contributed by atoms with E-state index in [4.69, 9.17) is 0 Å². The molecule has 0 unspecified atom stereocenters. The monoisotopic (exact) mass is 244 g/mol. The van der Waals surface area contributed by atoms with Crippen LogP contribution < -0.4 is 5.43 Å². The maximum Gasteiger partial charge on any atom is 0.275 e. The van der Waals surface area contributed by atoms with Gasteiger partial charge in [0.2, 0.25) is 0 Å². The Balaban J connectivity index is 2.59. The van der Waals surface area contributed by atoms with Gasteiger partial charge in [-0.15, -0.1) is 6.58 Å². The van der Waals surface area contributed by atoms with Gasteiger partial charge in [0, 0.05) is 6.21 Å². The summed E-state index contributed by atoms with van der Waals surface area (Å²) in [7, 11) is 0. The molecule has 4 nitrogen and oxygen atoms in total. The maximum absolute atomic E-state index is 11.6. The average molecular weight is 244 g/mol. The number of hydrazone groups is 1. The number of aromatic hydroxyl groups is 1. The van der Waals surface area contributed by atoms with Crippen LogP contribution in [-0.4, -0.2) is 17.2 Å². The highest BCUT2D eigenvalue weighted by Crippen LogP contribution is 2.14. The molecule has 0 saturated carbocycles. The van der Waals surface area contributed by atoms with Crippen LogP contribution in [0.3, 0.4) is 0 Å². The molecule has 0 heterocycles. The Kier molecular flexibility index (Phi) is 5.38. The lowest BCUT2D eigenvalue weighted by Gasteiger charge is -2.01. The lowest BCUT2D eigenvalue weighted by molar-refractivity contribution is 0.0952. The number of para-hydroxylation sites is 1. The predicted octanol–water partition coefficient (Wildman–Crippen LogP) is 2.63. The topological polar surface area (TPSA) is 61.7 Å². The Morgan fingerprint density at radius 1 is 1.50 bits per heavy atom. The van der Waals surface area contributed by atoms with Gasteiger partial charge in [0.1, 0.15) is 5.75 Å². The van der Waals surface area contributed by atoms with E-state index in [0.29, 0.717) is 0 Å². The fourth-order valence-electron chi connectivity index (χ4n) is 1.24. The molecule has 1 rings (SSSR count). The molecule has 0 radical (unpaired) electrons. The van der Waals surface area contributed by atoms with Gasteiger partial charge in [-0.1, -0.05) is 24.3 Å². The number of carbonyl (C=O) groups is 1. The second kappa shape index (κ2) is 7.06. The number of amides is 1. The van der Waals surface area contributed by atoms with Gasteiger partial charge in [0.25, 0.3) is 5.91 Å². The Labute approximate surface area is 106 Å². The highest BCUT2D eigenvalue weighted by atomic mass is 16.3. The van der Waals surface area contributed by atoms with Crippen molar-refractivity contribution in [3.63, 3.8) is 0 Å². The van der Waals surface area contributed by atoms with Crippen LogP contribution in [0.4, 0.5) is 0 Å². The molecule has 18 heavy (non-hydrogen) atoms. The van der Waals surface area contributed by atoms with Crippen LogP contribution in [0.15, 0.2) is 53.7 Å². The smallest absolute Gasteiger partial charge is 0.275 e. The van der Waals surface area contributed by atoms with Crippen LogP contribution in [0.2, 0.25) is 0 Å². The quantitative estimate of drug-likeness (QED) is 0.475. The lowest BCUT2D eigenvalue weighted by Crippen LogP contribution is -2.17. The first-order chi connectivity index (χ1) is 8.65. The normalized spacial score (nSPS) is 11.5. The number of hydrogen-bond donors (Lipinski definition) is 2. The molecule has 94 valence electrons. The highest BCUT2D eigenvalue weighted by molar-refractivity contribution is 5.97. The molecule has 0 aromatic heterocycles. The Morgan fingerprint density at radius 2 is 2.22 bits per heavy atom. The summed E-state index contributed by atoms with van der Waals surface area (Å²) in [5, 5.41) is 13.3. The second-order valence-corrected chi connectivity index (χ2v) is 3.69. The zero-order valence-corrected chi connectivity index (χ0v) is 10.3. The molecule has 1 amide bonds. The van der Waals surface area contributed by atoms with E-state index in [1.807, 2.05) is 13.0 Å². The van der Waals surface area contributed by atoms with E-state index in [0.717, 1.165) is 12.0 Å². The number of phenols is 1. The van der Waals surface area contributed by atoms with E-state index < -0.39 is 5.91 Å². The van der Waals surface area contributed by atoms with Crippen molar-refractivity contribution in [1.82, 2.24) is 5.43 Å². The Hall–Kier alpha value is -2.36. The summed E-state index contributed by atoms with van der Waals surface area (Å²) in [6, 6.07) is 6.31. The van der Waals surface area contributed by atoms with Gasteiger partial charge in [0.05, 0.1) is 5.56 Å². The minimum absolute atomic E-state index is 0.0656. The number of benzene rings is 1. The summed E-state index contributed by atoms with van der Waals surface area (Å²) in [6.45, 7) is 5.48. The zero-order valence-electron chi connectivity index (χ0n) is 10.3. The van der Waals surface area contributed by atoms with E-state index in [1.54, 1.807) is 24.4 Å². The maximum atomic E-state index is 11.6. The number of nitrogens with one attached hydrogen (secondary N) is 1. The minimum atomic E-state index is -0.444. The summed E-state index contributed by atoms with van der Waals surface area (Å²) in [4.78, 5) is 11.6. The van der Waals surface area contributed by atoms with Crippen molar-refractivity contribution >= 4 is 12.1 Å². The van der Waals surface area contributed by atoms with E-state index in [-0.39, 0.29) is 11.3 Å². The van der Waals surface area contributed by atoms with Gasteiger partial charge in [-0.25, -0.2) is 5.43 Å². The number of phenolic OH excluding ortho intramolecular Hbond substituents is 1. The van der Waals surface area contributed by atoms with Gasteiger partial charge in [-0.05, 0) is 31.1 Å². The fraction of sp³-hybridized carbons (Fsp3) is 0.143. The molecule has 0 atom stereocenters. The van der Waals surface area contributed by atoms with Crippen molar-refractivity contribution < 1.29 is 9.90 Å². The van der Waals surface area contributed by atoms with Crippen LogP contribution in [0.25, 0.3) is 0 Å². The first-order valence-corrected chi connectivity index (χ1v) is 5.54. The summed E-state index contributed by atoms with van der Waals surface area (Å²) in [5.74, 6) is -0.509. The zero-order chi connectivity index (χ0) is 13.4. The van der Waals surface area contributed by atoms with E-state index >= 15 is 0 Å². The Bertz CT molecular complexity index is 490. The molecule has 0 aliphatic rings. The first-order valence-electron chi connectivity index (χ1n) is 5.54. The predicted molar refractivity (Wildman–Crippen MR) is 72.6 cm³/mol.